The van der Waals surface area contributed by atoms with Gasteiger partial charge in [0, 0.05) is 63.9 Å². The number of piperazine rings is 1. The van der Waals surface area contributed by atoms with Crippen LogP contribution in [-0.4, -0.2) is 103 Å². The minimum atomic E-state index is -0.607. The molecule has 0 spiro atoms. The summed E-state index contributed by atoms with van der Waals surface area (Å²) in [7, 11) is 1.66. The molecule has 2 N–H and O–H groups in total. The molecule has 0 radical (unpaired) electrons. The maximum absolute atomic E-state index is 14.8. The highest BCUT2D eigenvalue weighted by Crippen LogP contribution is 2.19. The predicted octanol–water partition coefficient (Wildman–Crippen LogP) is 1.55. The zero-order valence-corrected chi connectivity index (χ0v) is 21.6. The van der Waals surface area contributed by atoms with E-state index in [1.54, 1.807) is 41.1 Å². The van der Waals surface area contributed by atoms with E-state index in [0.29, 0.717) is 87.5 Å². The van der Waals surface area contributed by atoms with Crippen LogP contribution in [-0.2, 0) is 11.2 Å². The molecule has 2 amide bonds. The molecule has 0 bridgehead atoms. The van der Waals surface area contributed by atoms with Gasteiger partial charge in [-0.15, -0.1) is 0 Å². The monoisotopic (exact) mass is 523 g/mol. The number of rotatable bonds is 8. The Morgan fingerprint density at radius 3 is 2.39 bits per heavy atom. The van der Waals surface area contributed by atoms with Crippen LogP contribution in [0.3, 0.4) is 0 Å². The normalized spacial score (nSPS) is 17.4. The van der Waals surface area contributed by atoms with Crippen LogP contribution in [0, 0.1) is 5.82 Å². The number of hydrazone groups is 1. The van der Waals surface area contributed by atoms with Crippen molar-refractivity contribution < 1.29 is 23.9 Å². The average molecular weight is 524 g/mol. The molecule has 202 valence electrons. The number of hydrogen-bond acceptors (Lipinski definition) is 7. The van der Waals surface area contributed by atoms with Gasteiger partial charge in [-0.25, -0.2) is 4.39 Å². The minimum absolute atomic E-state index is 0.00798. The van der Waals surface area contributed by atoms with Gasteiger partial charge in [-0.3, -0.25) is 19.3 Å². The Kier molecular flexibility index (Phi) is 9.19. The number of piperidine rings is 1. The van der Waals surface area contributed by atoms with E-state index in [1.165, 1.54) is 12.1 Å². The fourth-order valence-electron chi connectivity index (χ4n) is 4.93. The summed E-state index contributed by atoms with van der Waals surface area (Å²) < 4.78 is 14.8. The first kappa shape index (κ1) is 27.4. The standard InChI is InChI=1S/C28H34FN5O4/c1-30-31-26(23-5-3-2-4-21(23)19-35)17-20-6-7-25(29)24(16-20)28(38)34-14-12-33(13-15-34)27(37)18-32-10-8-22(36)9-11-32/h2-7,16,19,22,30,36H,8-15,17-18H2,1H3/b31-26-. The van der Waals surface area contributed by atoms with Crippen LogP contribution >= 0.6 is 0 Å². The second-order valence-corrected chi connectivity index (χ2v) is 9.66. The number of carbonyl (C=O) groups excluding carboxylic acids is 3. The first-order valence-corrected chi connectivity index (χ1v) is 12.9. The maximum Gasteiger partial charge on any atom is 0.256 e. The first-order chi connectivity index (χ1) is 18.4. The first-order valence-electron chi connectivity index (χ1n) is 12.9. The van der Waals surface area contributed by atoms with E-state index in [0.717, 1.165) is 6.29 Å². The Morgan fingerprint density at radius 2 is 1.71 bits per heavy atom. The number of aliphatic hydroxyl groups is 1. The topological polar surface area (TPSA) is 106 Å². The van der Waals surface area contributed by atoms with E-state index in [4.69, 9.17) is 0 Å². The predicted molar refractivity (Wildman–Crippen MR) is 142 cm³/mol. The van der Waals surface area contributed by atoms with Gasteiger partial charge in [-0.05, 0) is 30.5 Å². The fourth-order valence-corrected chi connectivity index (χ4v) is 4.93. The third-order valence-corrected chi connectivity index (χ3v) is 7.11. The molecule has 0 aliphatic carbocycles. The van der Waals surface area contributed by atoms with E-state index in [2.05, 4.69) is 10.5 Å². The molecule has 0 atom stereocenters. The van der Waals surface area contributed by atoms with Crippen LogP contribution in [0.2, 0.25) is 0 Å². The molecule has 2 aliphatic heterocycles. The Morgan fingerprint density at radius 1 is 1.03 bits per heavy atom. The number of aldehydes is 1. The molecule has 9 nitrogen and oxygen atoms in total. The zero-order chi connectivity index (χ0) is 27.1. The van der Waals surface area contributed by atoms with Crippen LogP contribution in [0.25, 0.3) is 0 Å². The number of carbonyl (C=O) groups is 3. The van der Waals surface area contributed by atoms with Crippen LogP contribution in [0.4, 0.5) is 4.39 Å². The second-order valence-electron chi connectivity index (χ2n) is 9.66. The van der Waals surface area contributed by atoms with Crippen LogP contribution in [0.1, 0.15) is 44.7 Å². The molecule has 2 heterocycles. The molecule has 0 unspecified atom stereocenters. The number of nitrogens with zero attached hydrogens (tertiary/aromatic N) is 4. The van der Waals surface area contributed by atoms with Gasteiger partial charge in [-0.2, -0.15) is 5.10 Å². The van der Waals surface area contributed by atoms with Crippen molar-refractivity contribution in [3.05, 3.63) is 70.5 Å². The molecular weight excluding hydrogens is 489 g/mol. The van der Waals surface area contributed by atoms with Gasteiger partial charge < -0.3 is 20.3 Å². The van der Waals surface area contributed by atoms with Gasteiger partial charge in [0.1, 0.15) is 5.82 Å². The van der Waals surface area contributed by atoms with Gasteiger partial charge in [0.15, 0.2) is 6.29 Å². The van der Waals surface area contributed by atoms with Crippen molar-refractivity contribution in [1.82, 2.24) is 20.1 Å². The van der Waals surface area contributed by atoms with Gasteiger partial charge in [-0.1, -0.05) is 30.3 Å². The molecule has 0 saturated carbocycles. The van der Waals surface area contributed by atoms with Crippen molar-refractivity contribution in [1.29, 1.82) is 0 Å². The largest absolute Gasteiger partial charge is 0.393 e. The summed E-state index contributed by atoms with van der Waals surface area (Å²) in [5.74, 6) is -1.01. The molecule has 0 aromatic heterocycles. The van der Waals surface area contributed by atoms with Crippen molar-refractivity contribution in [2.75, 3.05) is 52.9 Å². The van der Waals surface area contributed by atoms with Crippen molar-refractivity contribution in [3.8, 4) is 0 Å². The van der Waals surface area contributed by atoms with E-state index < -0.39 is 11.7 Å². The van der Waals surface area contributed by atoms with Crippen LogP contribution < -0.4 is 5.43 Å². The molecule has 38 heavy (non-hydrogen) atoms. The van der Waals surface area contributed by atoms with Gasteiger partial charge in [0.05, 0.1) is 23.9 Å². The molecule has 2 aliphatic rings. The summed E-state index contributed by atoms with van der Waals surface area (Å²) in [5.41, 5.74) is 5.16. The molecule has 4 rings (SSSR count). The van der Waals surface area contributed by atoms with Crippen molar-refractivity contribution in [2.24, 2.45) is 5.10 Å². The Labute approximate surface area is 221 Å². The molecule has 2 aromatic rings. The zero-order valence-electron chi connectivity index (χ0n) is 21.6. The van der Waals surface area contributed by atoms with E-state index in [9.17, 15) is 23.9 Å². The number of amides is 2. The maximum atomic E-state index is 14.8. The lowest BCUT2D eigenvalue weighted by Crippen LogP contribution is -2.53. The van der Waals surface area contributed by atoms with Gasteiger partial charge >= 0.3 is 0 Å². The highest BCUT2D eigenvalue weighted by Gasteiger charge is 2.28. The lowest BCUT2D eigenvalue weighted by Gasteiger charge is -2.36. The fraction of sp³-hybridized carbons (Fsp3) is 0.429. The van der Waals surface area contributed by atoms with Crippen molar-refractivity contribution >= 4 is 23.8 Å². The summed E-state index contributed by atoms with van der Waals surface area (Å²) in [4.78, 5) is 42.9. The smallest absolute Gasteiger partial charge is 0.256 e. The average Bonchev–Trinajstić information content (AvgIpc) is 2.94. The highest BCUT2D eigenvalue weighted by molar-refractivity contribution is 6.07. The number of benzene rings is 2. The molecule has 2 saturated heterocycles. The van der Waals surface area contributed by atoms with Gasteiger partial charge in [0.2, 0.25) is 5.91 Å². The SMILES string of the molecule is CN/N=C(/Cc1ccc(F)c(C(=O)N2CCN(C(=O)CN3CCC(O)CC3)CC2)c1)c1ccccc1C=O. The molecule has 2 fully saturated rings. The molecule has 2 aromatic carbocycles. The quantitative estimate of drug-likeness (QED) is 0.309. The summed E-state index contributed by atoms with van der Waals surface area (Å²) >= 11 is 0. The van der Waals surface area contributed by atoms with Crippen molar-refractivity contribution in [3.63, 3.8) is 0 Å². The molecule has 10 heteroatoms. The van der Waals surface area contributed by atoms with Crippen LogP contribution in [0.15, 0.2) is 47.6 Å². The number of halogens is 1. The second kappa shape index (κ2) is 12.7. The van der Waals surface area contributed by atoms with Crippen molar-refractivity contribution in [2.45, 2.75) is 25.4 Å². The number of likely N-dealkylation sites (tertiary alicyclic amines) is 1. The number of aliphatic hydroxyl groups excluding tert-OH is 1. The summed E-state index contributed by atoms with van der Waals surface area (Å²) in [6.45, 7) is 3.14. The van der Waals surface area contributed by atoms with E-state index in [-0.39, 0.29) is 17.6 Å². The number of hydrogen-bond donors (Lipinski definition) is 2. The highest BCUT2D eigenvalue weighted by atomic mass is 19.1. The Balaban J connectivity index is 1.40. The minimum Gasteiger partial charge on any atom is -0.393 e. The lowest BCUT2D eigenvalue weighted by molar-refractivity contribution is -0.134. The summed E-state index contributed by atoms with van der Waals surface area (Å²) in [5, 5.41) is 14.0. The third-order valence-electron chi connectivity index (χ3n) is 7.11. The lowest BCUT2D eigenvalue weighted by atomic mass is 9.97. The number of nitrogens with one attached hydrogen (secondary N) is 1. The molecular formula is C28H34FN5O4. The Hall–Kier alpha value is -3.63. The summed E-state index contributed by atoms with van der Waals surface area (Å²) in [6.07, 6.45) is 2.12. The van der Waals surface area contributed by atoms with E-state index >= 15 is 0 Å². The van der Waals surface area contributed by atoms with Crippen LogP contribution in [0.5, 0.6) is 0 Å². The third kappa shape index (κ3) is 6.62. The summed E-state index contributed by atoms with van der Waals surface area (Å²) in [6, 6.07) is 11.5. The van der Waals surface area contributed by atoms with Gasteiger partial charge in [0.25, 0.3) is 5.91 Å². The Bertz CT molecular complexity index is 1190. The van der Waals surface area contributed by atoms with E-state index in [1.807, 2.05) is 11.0 Å².